The van der Waals surface area contributed by atoms with Crippen LogP contribution < -0.4 is 4.72 Å². The summed E-state index contributed by atoms with van der Waals surface area (Å²) in [7, 11) is -1.30. The van der Waals surface area contributed by atoms with E-state index in [1.165, 1.54) is 26.4 Å². The molecule has 1 aromatic rings. The predicted octanol–water partition coefficient (Wildman–Crippen LogP) is 3.12. The highest BCUT2D eigenvalue weighted by Gasteiger charge is 2.37. The SMILES string of the molecule is COC(=O)CCCCOCC(COCCCCC=O)(COCCCCC(=O)OC)NS(=O)(=O)c1ccc(C)cc1. The molecule has 12 heteroatoms. The number of methoxy groups -OCH3 is 2. The summed E-state index contributed by atoms with van der Waals surface area (Å²) in [6.45, 7) is 2.70. The molecule has 0 saturated heterocycles. The quantitative estimate of drug-likeness (QED) is 0.109. The Labute approximate surface area is 238 Å². The minimum Gasteiger partial charge on any atom is -0.469 e. The zero-order valence-corrected chi connectivity index (χ0v) is 24.8. The van der Waals surface area contributed by atoms with Gasteiger partial charge in [0.25, 0.3) is 0 Å². The second kappa shape index (κ2) is 20.5. The van der Waals surface area contributed by atoms with E-state index in [2.05, 4.69) is 14.2 Å². The highest BCUT2D eigenvalue weighted by molar-refractivity contribution is 7.89. The van der Waals surface area contributed by atoms with Gasteiger partial charge in [-0.05, 0) is 57.6 Å². The molecule has 0 aliphatic carbocycles. The lowest BCUT2D eigenvalue weighted by atomic mass is 10.1. The normalized spacial score (nSPS) is 11.8. The number of carbonyl (C=O) groups excluding carboxylic acids is 3. The first-order chi connectivity index (χ1) is 19.2. The van der Waals surface area contributed by atoms with E-state index in [1.54, 1.807) is 12.1 Å². The number of aldehydes is 1. The van der Waals surface area contributed by atoms with E-state index in [0.29, 0.717) is 64.8 Å². The average Bonchev–Trinajstić information content (AvgIpc) is 2.94. The molecular formula is C28H45NO10S. The number of nitrogens with one attached hydrogen (secondary N) is 1. The number of unbranched alkanes of at least 4 members (excludes halogenated alkanes) is 4. The number of carbonyl (C=O) groups is 3. The summed E-state index contributed by atoms with van der Waals surface area (Å²) in [6, 6.07) is 6.50. The molecule has 0 spiro atoms. The molecule has 11 nitrogen and oxygen atoms in total. The second-order valence-electron chi connectivity index (χ2n) is 9.59. The van der Waals surface area contributed by atoms with Gasteiger partial charge < -0.3 is 28.5 Å². The van der Waals surface area contributed by atoms with Crippen molar-refractivity contribution < 1.29 is 46.5 Å². The third-order valence-electron chi connectivity index (χ3n) is 5.97. The molecule has 0 radical (unpaired) electrons. The standard InChI is InChI=1S/C28H45NO10S/c1-24-13-15-25(16-14-24)40(33,34)29-28(21-37-18-8-4-7-17-30,22-38-19-9-5-11-26(31)35-2)23-39-20-10-6-12-27(32)36-3/h13-17,29H,4-12,18-23H2,1-3H3. The van der Waals surface area contributed by atoms with Crippen molar-refractivity contribution in [2.75, 3.05) is 53.9 Å². The van der Waals surface area contributed by atoms with Crippen LogP contribution >= 0.6 is 0 Å². The molecule has 0 fully saturated rings. The van der Waals surface area contributed by atoms with Gasteiger partial charge in [0.15, 0.2) is 0 Å². The van der Waals surface area contributed by atoms with Gasteiger partial charge in [-0.2, -0.15) is 4.72 Å². The summed E-state index contributed by atoms with van der Waals surface area (Å²) < 4.78 is 56.5. The molecular weight excluding hydrogens is 542 g/mol. The van der Waals surface area contributed by atoms with E-state index in [4.69, 9.17) is 14.2 Å². The monoisotopic (exact) mass is 587 g/mol. The molecule has 0 atom stereocenters. The molecule has 0 aromatic heterocycles. The number of ether oxygens (including phenoxy) is 5. The Bertz CT molecular complexity index is 938. The van der Waals surface area contributed by atoms with Gasteiger partial charge in [-0.3, -0.25) is 9.59 Å². The van der Waals surface area contributed by atoms with Crippen molar-refractivity contribution in [3.8, 4) is 0 Å². The molecule has 0 bridgehead atoms. The van der Waals surface area contributed by atoms with Crippen LogP contribution in [0, 0.1) is 6.92 Å². The first-order valence-corrected chi connectivity index (χ1v) is 15.1. The third-order valence-corrected chi connectivity index (χ3v) is 7.57. The van der Waals surface area contributed by atoms with Crippen LogP contribution in [0.1, 0.15) is 63.4 Å². The molecule has 40 heavy (non-hydrogen) atoms. The van der Waals surface area contributed by atoms with E-state index in [9.17, 15) is 22.8 Å². The van der Waals surface area contributed by atoms with Crippen molar-refractivity contribution in [3.05, 3.63) is 29.8 Å². The summed E-state index contributed by atoms with van der Waals surface area (Å²) in [4.78, 5) is 33.4. The van der Waals surface area contributed by atoms with Crippen LogP contribution in [0.15, 0.2) is 29.2 Å². The Balaban J connectivity index is 2.98. The van der Waals surface area contributed by atoms with Gasteiger partial charge in [0, 0.05) is 39.1 Å². The highest BCUT2D eigenvalue weighted by atomic mass is 32.2. The largest absolute Gasteiger partial charge is 0.469 e. The third kappa shape index (κ3) is 15.4. The Morgan fingerprint density at radius 3 is 1.65 bits per heavy atom. The topological polar surface area (TPSA) is 144 Å². The number of benzene rings is 1. The number of esters is 2. The molecule has 1 aromatic carbocycles. The fraction of sp³-hybridized carbons (Fsp3) is 0.679. The first kappa shape index (κ1) is 35.6. The van der Waals surface area contributed by atoms with Crippen LogP contribution in [0.5, 0.6) is 0 Å². The molecule has 0 aliphatic heterocycles. The van der Waals surface area contributed by atoms with Gasteiger partial charge in [-0.15, -0.1) is 0 Å². The molecule has 1 N–H and O–H groups in total. The number of sulfonamides is 1. The van der Waals surface area contributed by atoms with Gasteiger partial charge in [0.1, 0.15) is 11.8 Å². The summed E-state index contributed by atoms with van der Waals surface area (Å²) >= 11 is 0. The van der Waals surface area contributed by atoms with Gasteiger partial charge in [0.2, 0.25) is 10.0 Å². The number of hydrogen-bond donors (Lipinski definition) is 1. The fourth-order valence-electron chi connectivity index (χ4n) is 3.66. The zero-order chi connectivity index (χ0) is 29.7. The maximum Gasteiger partial charge on any atom is 0.305 e. The van der Waals surface area contributed by atoms with Crippen LogP contribution in [0.2, 0.25) is 0 Å². The molecule has 0 amide bonds. The first-order valence-electron chi connectivity index (χ1n) is 13.6. The Morgan fingerprint density at radius 2 is 1.23 bits per heavy atom. The Morgan fingerprint density at radius 1 is 0.775 bits per heavy atom. The molecule has 0 unspecified atom stereocenters. The van der Waals surface area contributed by atoms with Gasteiger partial charge in [-0.1, -0.05) is 17.7 Å². The second-order valence-corrected chi connectivity index (χ2v) is 11.3. The minimum absolute atomic E-state index is 0.0243. The summed E-state index contributed by atoms with van der Waals surface area (Å²) in [5.74, 6) is -0.604. The van der Waals surface area contributed by atoms with Crippen LogP contribution in [-0.4, -0.2) is 86.0 Å². The van der Waals surface area contributed by atoms with E-state index in [0.717, 1.165) is 11.8 Å². The van der Waals surface area contributed by atoms with Crippen molar-refractivity contribution in [2.45, 2.75) is 75.1 Å². The molecule has 0 aliphatic rings. The smallest absolute Gasteiger partial charge is 0.305 e. The predicted molar refractivity (Wildman–Crippen MR) is 148 cm³/mol. The van der Waals surface area contributed by atoms with E-state index >= 15 is 0 Å². The van der Waals surface area contributed by atoms with E-state index < -0.39 is 15.6 Å². The number of hydrogen-bond acceptors (Lipinski definition) is 10. The number of aryl methyl sites for hydroxylation is 1. The summed E-state index contributed by atoms with van der Waals surface area (Å²) in [5.41, 5.74) is -0.326. The van der Waals surface area contributed by atoms with Crippen molar-refractivity contribution in [1.29, 1.82) is 0 Å². The molecule has 0 saturated carbocycles. The van der Waals surface area contributed by atoms with Crippen molar-refractivity contribution in [2.24, 2.45) is 0 Å². The van der Waals surface area contributed by atoms with Gasteiger partial charge in [0.05, 0.1) is 38.9 Å². The Hall–Kier alpha value is -2.38. The highest BCUT2D eigenvalue weighted by Crippen LogP contribution is 2.18. The molecule has 1 rings (SSSR count). The zero-order valence-electron chi connectivity index (χ0n) is 24.0. The lowest BCUT2D eigenvalue weighted by molar-refractivity contribution is -0.141. The summed E-state index contributed by atoms with van der Waals surface area (Å²) in [5, 5.41) is 0. The van der Waals surface area contributed by atoms with Crippen molar-refractivity contribution in [3.63, 3.8) is 0 Å². The lowest BCUT2D eigenvalue weighted by Crippen LogP contribution is -2.58. The van der Waals surface area contributed by atoms with Crippen molar-refractivity contribution >= 4 is 28.2 Å². The maximum atomic E-state index is 13.4. The maximum absolute atomic E-state index is 13.4. The van der Waals surface area contributed by atoms with E-state index in [1.807, 2.05) is 6.92 Å². The fourth-order valence-corrected chi connectivity index (χ4v) is 5.02. The minimum atomic E-state index is -3.97. The van der Waals surface area contributed by atoms with Crippen LogP contribution in [0.4, 0.5) is 0 Å². The van der Waals surface area contributed by atoms with Crippen LogP contribution in [0.3, 0.4) is 0 Å². The Kier molecular flexibility index (Phi) is 18.3. The van der Waals surface area contributed by atoms with Crippen LogP contribution in [-0.2, 0) is 48.1 Å². The molecule has 228 valence electrons. The summed E-state index contributed by atoms with van der Waals surface area (Å²) in [6.07, 6.45) is 5.42. The average molecular weight is 588 g/mol. The van der Waals surface area contributed by atoms with E-state index in [-0.39, 0.29) is 49.5 Å². The van der Waals surface area contributed by atoms with Crippen LogP contribution in [0.25, 0.3) is 0 Å². The van der Waals surface area contributed by atoms with Gasteiger partial charge in [-0.25, -0.2) is 8.42 Å². The van der Waals surface area contributed by atoms with Gasteiger partial charge >= 0.3 is 11.9 Å². The number of rotatable bonds is 24. The lowest BCUT2D eigenvalue weighted by Gasteiger charge is -2.34. The molecule has 0 heterocycles. The van der Waals surface area contributed by atoms with Crippen molar-refractivity contribution in [1.82, 2.24) is 4.72 Å².